The number of imidazole rings is 1. The summed E-state index contributed by atoms with van der Waals surface area (Å²) in [6, 6.07) is 23.3. The smallest absolute Gasteiger partial charge is 0.254 e. The van der Waals surface area contributed by atoms with Gasteiger partial charge in [0, 0.05) is 38.7 Å². The average Bonchev–Trinajstić information content (AvgIpc) is 3.27. The quantitative estimate of drug-likeness (QED) is 0.217. The van der Waals surface area contributed by atoms with Gasteiger partial charge in [-0.25, -0.2) is 9.37 Å². The molecule has 0 saturated carbocycles. The fourth-order valence-electron chi connectivity index (χ4n) is 5.16. The molecular formula is C32H27ClFN3O2S. The van der Waals surface area contributed by atoms with Gasteiger partial charge in [-0.05, 0) is 66.3 Å². The highest BCUT2D eigenvalue weighted by molar-refractivity contribution is 7.98. The van der Waals surface area contributed by atoms with Crippen molar-refractivity contribution in [2.24, 2.45) is 0 Å². The molecule has 8 heteroatoms. The third-order valence-corrected chi connectivity index (χ3v) is 8.27. The molecule has 1 aromatic heterocycles. The molecule has 5 aromatic rings. The third-order valence-electron chi connectivity index (χ3n) is 7.27. The molecule has 1 amide bonds. The Labute approximate surface area is 241 Å². The number of thioether (sulfide) groups is 1. The summed E-state index contributed by atoms with van der Waals surface area (Å²) >= 11 is 7.46. The number of aromatic amines is 1. The van der Waals surface area contributed by atoms with E-state index in [1.54, 1.807) is 17.0 Å². The molecule has 4 aromatic carbocycles. The second-order valence-corrected chi connectivity index (χ2v) is 11.0. The molecule has 0 saturated heterocycles. The largest absolute Gasteiger partial charge is 0.491 e. The van der Waals surface area contributed by atoms with Crippen molar-refractivity contribution in [1.82, 2.24) is 14.9 Å². The molecule has 2 heterocycles. The second-order valence-electron chi connectivity index (χ2n) is 9.68. The van der Waals surface area contributed by atoms with Crippen LogP contribution in [0.1, 0.15) is 28.4 Å². The standard InChI is InChI=1S/C32H27ClFN3O2S/c1-3-24-25(10-13-29(40-2)30(24)34)32(38)37-14-15-39-28-12-8-21(16-22(28)18-37)19-4-6-20(7-5-19)31-35-26-11-9-23(33)17-27(26)36-31/h4-13,16-17H,3,14-15,18H2,1-2H3,(H,35,36). The number of halogens is 2. The number of carbonyl (C=O) groups is 1. The van der Waals surface area contributed by atoms with E-state index < -0.39 is 0 Å². The van der Waals surface area contributed by atoms with Crippen molar-refractivity contribution in [3.63, 3.8) is 0 Å². The Balaban J connectivity index is 1.26. The first-order valence-electron chi connectivity index (χ1n) is 13.1. The number of hydrogen-bond donors (Lipinski definition) is 1. The Kier molecular flexibility index (Phi) is 7.26. The zero-order valence-corrected chi connectivity index (χ0v) is 23.7. The molecule has 1 aliphatic rings. The van der Waals surface area contributed by atoms with Gasteiger partial charge in [0.15, 0.2) is 0 Å². The van der Waals surface area contributed by atoms with Gasteiger partial charge in [-0.15, -0.1) is 11.8 Å². The molecule has 1 N–H and O–H groups in total. The lowest BCUT2D eigenvalue weighted by atomic mass is 10.00. The van der Waals surface area contributed by atoms with Gasteiger partial charge in [-0.2, -0.15) is 0 Å². The number of fused-ring (bicyclic) bond motifs is 2. The zero-order chi connectivity index (χ0) is 27.8. The molecular weight excluding hydrogens is 545 g/mol. The molecule has 0 fully saturated rings. The van der Waals surface area contributed by atoms with E-state index in [0.717, 1.165) is 44.9 Å². The molecule has 0 spiro atoms. The van der Waals surface area contributed by atoms with Crippen molar-refractivity contribution in [1.29, 1.82) is 0 Å². The van der Waals surface area contributed by atoms with Crippen LogP contribution in [0.5, 0.6) is 5.75 Å². The number of amides is 1. The van der Waals surface area contributed by atoms with E-state index in [9.17, 15) is 4.79 Å². The number of ether oxygens (including phenoxy) is 1. The topological polar surface area (TPSA) is 58.2 Å². The van der Waals surface area contributed by atoms with Gasteiger partial charge in [0.05, 0.1) is 17.6 Å². The van der Waals surface area contributed by atoms with E-state index in [2.05, 4.69) is 28.2 Å². The Morgan fingerprint density at radius 3 is 2.60 bits per heavy atom. The van der Waals surface area contributed by atoms with Crippen LogP contribution in [0.2, 0.25) is 5.02 Å². The van der Waals surface area contributed by atoms with Crippen LogP contribution in [0.3, 0.4) is 0 Å². The highest BCUT2D eigenvalue weighted by Crippen LogP contribution is 2.32. The van der Waals surface area contributed by atoms with E-state index in [1.807, 2.05) is 55.6 Å². The molecule has 0 radical (unpaired) electrons. The second kappa shape index (κ2) is 11.0. The predicted molar refractivity (Wildman–Crippen MR) is 160 cm³/mol. The van der Waals surface area contributed by atoms with E-state index in [1.165, 1.54) is 11.8 Å². The van der Waals surface area contributed by atoms with Crippen LogP contribution in [0.15, 0.2) is 77.7 Å². The number of hydrogen-bond acceptors (Lipinski definition) is 4. The van der Waals surface area contributed by atoms with Crippen LogP contribution in [0.25, 0.3) is 33.5 Å². The SMILES string of the molecule is CCc1c(C(=O)N2CCOc3ccc(-c4ccc(-c5nc6ccc(Cl)cc6[nH]5)cc4)cc3C2)ccc(SC)c1F. The fourth-order valence-corrected chi connectivity index (χ4v) is 5.84. The number of benzene rings is 4. The summed E-state index contributed by atoms with van der Waals surface area (Å²) in [5.74, 6) is 1.06. The molecule has 0 unspecified atom stereocenters. The van der Waals surface area contributed by atoms with E-state index in [-0.39, 0.29) is 11.7 Å². The Morgan fingerprint density at radius 2 is 1.82 bits per heavy atom. The maximum Gasteiger partial charge on any atom is 0.254 e. The minimum absolute atomic E-state index is 0.179. The lowest BCUT2D eigenvalue weighted by Crippen LogP contribution is -2.33. The molecule has 1 aliphatic heterocycles. The van der Waals surface area contributed by atoms with Crippen LogP contribution in [-0.2, 0) is 13.0 Å². The predicted octanol–water partition coefficient (Wildman–Crippen LogP) is 8.01. The molecule has 0 atom stereocenters. The van der Waals surface area contributed by atoms with Crippen LogP contribution in [0, 0.1) is 5.82 Å². The zero-order valence-electron chi connectivity index (χ0n) is 22.1. The first kappa shape index (κ1) is 26.4. The summed E-state index contributed by atoms with van der Waals surface area (Å²) < 4.78 is 21.0. The molecule has 5 nitrogen and oxygen atoms in total. The number of carbonyl (C=O) groups excluding carboxylic acids is 1. The molecule has 0 aliphatic carbocycles. The average molecular weight is 572 g/mol. The molecule has 6 rings (SSSR count). The fraction of sp³-hybridized carbons (Fsp3) is 0.188. The van der Waals surface area contributed by atoms with E-state index in [4.69, 9.17) is 16.3 Å². The summed E-state index contributed by atoms with van der Waals surface area (Å²) in [4.78, 5) is 23.9. The van der Waals surface area contributed by atoms with Crippen molar-refractivity contribution in [2.75, 3.05) is 19.4 Å². The van der Waals surface area contributed by atoms with Gasteiger partial charge in [-0.3, -0.25) is 4.79 Å². The third kappa shape index (κ3) is 4.95. The number of aromatic nitrogens is 2. The summed E-state index contributed by atoms with van der Waals surface area (Å²) in [5.41, 5.74) is 6.58. The van der Waals surface area contributed by atoms with E-state index >= 15 is 4.39 Å². The molecule has 202 valence electrons. The summed E-state index contributed by atoms with van der Waals surface area (Å²) in [5, 5.41) is 0.664. The Morgan fingerprint density at radius 1 is 1.05 bits per heavy atom. The number of nitrogens with one attached hydrogen (secondary N) is 1. The van der Waals surface area contributed by atoms with Gasteiger partial charge in [0.2, 0.25) is 0 Å². The maximum atomic E-state index is 15.0. The van der Waals surface area contributed by atoms with Gasteiger partial charge in [0.1, 0.15) is 24.0 Å². The van der Waals surface area contributed by atoms with Crippen LogP contribution in [-0.4, -0.2) is 40.2 Å². The lowest BCUT2D eigenvalue weighted by molar-refractivity contribution is 0.0731. The van der Waals surface area contributed by atoms with Crippen molar-refractivity contribution in [3.05, 3.63) is 100 Å². The lowest BCUT2D eigenvalue weighted by Gasteiger charge is -2.22. The minimum Gasteiger partial charge on any atom is -0.491 e. The molecule has 0 bridgehead atoms. The maximum absolute atomic E-state index is 15.0. The first-order chi connectivity index (χ1) is 19.4. The summed E-state index contributed by atoms with van der Waals surface area (Å²) in [7, 11) is 0. The van der Waals surface area contributed by atoms with Crippen molar-refractivity contribution < 1.29 is 13.9 Å². The van der Waals surface area contributed by atoms with Gasteiger partial charge in [-0.1, -0.05) is 48.9 Å². The highest BCUT2D eigenvalue weighted by atomic mass is 35.5. The van der Waals surface area contributed by atoms with Crippen molar-refractivity contribution >= 4 is 40.3 Å². The minimum atomic E-state index is -0.301. The summed E-state index contributed by atoms with van der Waals surface area (Å²) in [6.45, 7) is 3.07. The van der Waals surface area contributed by atoms with Crippen LogP contribution in [0.4, 0.5) is 4.39 Å². The van der Waals surface area contributed by atoms with Crippen molar-refractivity contribution in [3.8, 4) is 28.3 Å². The Hall–Kier alpha value is -3.81. The number of nitrogens with zero attached hydrogens (tertiary/aromatic N) is 2. The Bertz CT molecular complexity index is 1740. The van der Waals surface area contributed by atoms with Gasteiger partial charge >= 0.3 is 0 Å². The normalized spacial score (nSPS) is 13.2. The van der Waals surface area contributed by atoms with Crippen LogP contribution < -0.4 is 4.74 Å². The number of H-pyrrole nitrogens is 1. The first-order valence-corrected chi connectivity index (χ1v) is 14.7. The van der Waals surface area contributed by atoms with Crippen LogP contribution >= 0.6 is 23.4 Å². The summed E-state index contributed by atoms with van der Waals surface area (Å²) in [6.07, 6.45) is 2.28. The van der Waals surface area contributed by atoms with Gasteiger partial charge < -0.3 is 14.6 Å². The molecule has 40 heavy (non-hydrogen) atoms. The highest BCUT2D eigenvalue weighted by Gasteiger charge is 2.25. The van der Waals surface area contributed by atoms with E-state index in [0.29, 0.717) is 47.2 Å². The monoisotopic (exact) mass is 571 g/mol. The number of rotatable bonds is 5. The van der Waals surface area contributed by atoms with Gasteiger partial charge in [0.25, 0.3) is 5.91 Å². The van der Waals surface area contributed by atoms with Crippen molar-refractivity contribution in [2.45, 2.75) is 24.8 Å².